The number of nitrogens with two attached hydrogens (primary N) is 1. The van der Waals surface area contributed by atoms with Gasteiger partial charge in [0.1, 0.15) is 11.5 Å². The van der Waals surface area contributed by atoms with E-state index in [1.807, 2.05) is 32.9 Å². The quantitative estimate of drug-likeness (QED) is 0.843. The van der Waals surface area contributed by atoms with Gasteiger partial charge >= 0.3 is 0 Å². The molecule has 0 aliphatic rings. The van der Waals surface area contributed by atoms with Crippen LogP contribution < -0.4 is 5.73 Å². The lowest BCUT2D eigenvalue weighted by atomic mass is 9.84. The van der Waals surface area contributed by atoms with Crippen LogP contribution in [-0.2, 0) is 16.6 Å². The lowest BCUT2D eigenvalue weighted by molar-refractivity contribution is -0.118. The predicted octanol–water partition coefficient (Wildman–Crippen LogP) is 2.15. The van der Waals surface area contributed by atoms with Crippen molar-refractivity contribution in [1.29, 1.82) is 0 Å². The number of carbonyl (C=O) groups is 1. The van der Waals surface area contributed by atoms with E-state index < -0.39 is 6.04 Å². The van der Waals surface area contributed by atoms with Gasteiger partial charge in [0.05, 0.1) is 6.04 Å². The van der Waals surface area contributed by atoms with Crippen molar-refractivity contribution in [2.45, 2.75) is 45.6 Å². The van der Waals surface area contributed by atoms with Gasteiger partial charge in [-0.1, -0.05) is 32.9 Å². The highest BCUT2D eigenvalue weighted by Gasteiger charge is 2.19. The second-order valence-electron chi connectivity index (χ2n) is 5.52. The van der Waals surface area contributed by atoms with E-state index >= 15 is 0 Å². The summed E-state index contributed by atoms with van der Waals surface area (Å²) in [5, 5.41) is 9.82. The van der Waals surface area contributed by atoms with E-state index in [-0.39, 0.29) is 16.9 Å². The Kier molecular flexibility index (Phi) is 3.94. The fraction of sp³-hybridized carbons (Fsp3) is 0.500. The fourth-order valence-corrected chi connectivity index (χ4v) is 1.71. The molecule has 1 aromatic rings. The third kappa shape index (κ3) is 3.56. The van der Waals surface area contributed by atoms with Gasteiger partial charge < -0.3 is 10.8 Å². The second kappa shape index (κ2) is 4.88. The van der Waals surface area contributed by atoms with Crippen LogP contribution in [0.5, 0.6) is 5.75 Å². The summed E-state index contributed by atoms with van der Waals surface area (Å²) in [6.45, 7) is 7.61. The number of hydrogen-bond acceptors (Lipinski definition) is 3. The van der Waals surface area contributed by atoms with Gasteiger partial charge in [0.2, 0.25) is 0 Å². The number of benzene rings is 1. The highest BCUT2D eigenvalue weighted by atomic mass is 16.3. The summed E-state index contributed by atoms with van der Waals surface area (Å²) in [5.74, 6) is 0.271. The van der Waals surface area contributed by atoms with Crippen molar-refractivity contribution in [2.75, 3.05) is 0 Å². The van der Waals surface area contributed by atoms with E-state index in [9.17, 15) is 9.90 Å². The van der Waals surface area contributed by atoms with Gasteiger partial charge in [-0.15, -0.1) is 0 Å². The molecule has 1 atom stereocenters. The van der Waals surface area contributed by atoms with Crippen molar-refractivity contribution >= 4 is 5.78 Å². The molecular weight excluding hydrogens is 214 g/mol. The fourth-order valence-electron chi connectivity index (χ4n) is 1.71. The van der Waals surface area contributed by atoms with E-state index in [1.54, 1.807) is 6.07 Å². The zero-order valence-electron chi connectivity index (χ0n) is 10.9. The maximum absolute atomic E-state index is 11.1. The first kappa shape index (κ1) is 13.7. The highest BCUT2D eigenvalue weighted by molar-refractivity contribution is 5.81. The predicted molar refractivity (Wildman–Crippen MR) is 69.2 cm³/mol. The molecule has 1 aromatic carbocycles. The molecule has 0 aromatic heterocycles. The molecule has 0 spiro atoms. The van der Waals surface area contributed by atoms with Crippen LogP contribution in [0.2, 0.25) is 0 Å². The Morgan fingerprint density at radius 1 is 1.41 bits per heavy atom. The topological polar surface area (TPSA) is 63.3 Å². The lowest BCUT2D eigenvalue weighted by Gasteiger charge is -2.21. The standard InChI is InChI=1S/C14H21NO2/c1-9(16)12(15)8-10-5-6-13(17)11(7-10)14(2,3)4/h5-7,12,17H,8,15H2,1-4H3/t12-/m0/s1. The number of hydrogen-bond donors (Lipinski definition) is 2. The average molecular weight is 235 g/mol. The molecule has 0 aliphatic carbocycles. The summed E-state index contributed by atoms with van der Waals surface area (Å²) in [4.78, 5) is 11.1. The molecule has 0 saturated carbocycles. The SMILES string of the molecule is CC(=O)[C@@H](N)Cc1ccc(O)c(C(C)(C)C)c1. The van der Waals surface area contributed by atoms with Crippen molar-refractivity contribution in [3.8, 4) is 5.75 Å². The first-order valence-corrected chi connectivity index (χ1v) is 5.80. The van der Waals surface area contributed by atoms with Crippen molar-refractivity contribution in [2.24, 2.45) is 5.73 Å². The molecule has 3 N–H and O–H groups in total. The van der Waals surface area contributed by atoms with Crippen LogP contribution in [0.4, 0.5) is 0 Å². The second-order valence-corrected chi connectivity index (χ2v) is 5.52. The van der Waals surface area contributed by atoms with Gasteiger partial charge in [-0.25, -0.2) is 0 Å². The average Bonchev–Trinajstić information content (AvgIpc) is 2.19. The Morgan fingerprint density at radius 3 is 2.47 bits per heavy atom. The molecule has 0 unspecified atom stereocenters. The molecule has 94 valence electrons. The van der Waals surface area contributed by atoms with Crippen LogP contribution >= 0.6 is 0 Å². The summed E-state index contributed by atoms with van der Waals surface area (Å²) in [6, 6.07) is 4.95. The summed E-state index contributed by atoms with van der Waals surface area (Å²) in [7, 11) is 0. The number of carbonyl (C=O) groups excluding carboxylic acids is 1. The third-order valence-electron chi connectivity index (χ3n) is 2.85. The number of phenols is 1. The van der Waals surface area contributed by atoms with Gasteiger partial charge in [-0.05, 0) is 36.0 Å². The van der Waals surface area contributed by atoms with Gasteiger partial charge in [-0.2, -0.15) is 0 Å². The number of rotatable bonds is 3. The Hall–Kier alpha value is -1.35. The van der Waals surface area contributed by atoms with E-state index in [0.29, 0.717) is 6.42 Å². The first-order chi connectivity index (χ1) is 7.71. The van der Waals surface area contributed by atoms with Crippen LogP contribution in [0.25, 0.3) is 0 Å². The van der Waals surface area contributed by atoms with E-state index in [4.69, 9.17) is 5.73 Å². The smallest absolute Gasteiger partial charge is 0.146 e. The lowest BCUT2D eigenvalue weighted by Crippen LogP contribution is -2.30. The zero-order chi connectivity index (χ0) is 13.2. The summed E-state index contributed by atoms with van der Waals surface area (Å²) < 4.78 is 0. The molecule has 0 aliphatic heterocycles. The largest absolute Gasteiger partial charge is 0.508 e. The molecule has 0 fully saturated rings. The summed E-state index contributed by atoms with van der Waals surface area (Å²) >= 11 is 0. The minimum absolute atomic E-state index is 0.0182. The van der Waals surface area contributed by atoms with Crippen LogP contribution in [0.15, 0.2) is 18.2 Å². The van der Waals surface area contributed by atoms with Gasteiger partial charge in [0, 0.05) is 0 Å². The summed E-state index contributed by atoms with van der Waals surface area (Å²) in [5.41, 5.74) is 7.47. The molecule has 3 nitrogen and oxygen atoms in total. The van der Waals surface area contributed by atoms with E-state index in [2.05, 4.69) is 0 Å². The molecule has 0 saturated heterocycles. The number of ketones is 1. The molecule has 0 bridgehead atoms. The number of aromatic hydroxyl groups is 1. The van der Waals surface area contributed by atoms with Gasteiger partial charge in [0.15, 0.2) is 0 Å². The van der Waals surface area contributed by atoms with Crippen molar-refractivity contribution < 1.29 is 9.90 Å². The molecule has 3 heteroatoms. The Morgan fingerprint density at radius 2 is 2.00 bits per heavy atom. The van der Waals surface area contributed by atoms with E-state index in [1.165, 1.54) is 6.92 Å². The maximum Gasteiger partial charge on any atom is 0.146 e. The number of Topliss-reactive ketones (excluding diaryl/α,β-unsaturated/α-hetero) is 1. The summed E-state index contributed by atoms with van der Waals surface area (Å²) in [6.07, 6.45) is 0.513. The van der Waals surface area contributed by atoms with Crippen LogP contribution in [-0.4, -0.2) is 16.9 Å². The molecule has 0 radical (unpaired) electrons. The molecular formula is C14H21NO2. The Bertz CT molecular complexity index is 419. The van der Waals surface area contributed by atoms with Crippen molar-refractivity contribution in [3.63, 3.8) is 0 Å². The molecule has 17 heavy (non-hydrogen) atoms. The molecule has 1 rings (SSSR count). The normalized spacial score (nSPS) is 13.5. The third-order valence-corrected chi connectivity index (χ3v) is 2.85. The molecule has 0 amide bonds. The maximum atomic E-state index is 11.1. The minimum atomic E-state index is -0.465. The van der Waals surface area contributed by atoms with Gasteiger partial charge in [0.25, 0.3) is 0 Å². The monoisotopic (exact) mass is 235 g/mol. The first-order valence-electron chi connectivity index (χ1n) is 5.80. The van der Waals surface area contributed by atoms with Crippen LogP contribution in [0.1, 0.15) is 38.8 Å². The Labute approximate surface area is 103 Å². The van der Waals surface area contributed by atoms with Crippen LogP contribution in [0.3, 0.4) is 0 Å². The van der Waals surface area contributed by atoms with E-state index in [0.717, 1.165) is 11.1 Å². The van der Waals surface area contributed by atoms with Gasteiger partial charge in [-0.3, -0.25) is 4.79 Å². The van der Waals surface area contributed by atoms with Crippen molar-refractivity contribution in [1.82, 2.24) is 0 Å². The highest BCUT2D eigenvalue weighted by Crippen LogP contribution is 2.31. The number of phenolic OH excluding ortho intramolecular Hbond substituents is 1. The Balaban J connectivity index is 3.01. The minimum Gasteiger partial charge on any atom is -0.508 e. The van der Waals surface area contributed by atoms with Crippen molar-refractivity contribution in [3.05, 3.63) is 29.3 Å². The molecule has 0 heterocycles. The van der Waals surface area contributed by atoms with Crippen LogP contribution in [0, 0.1) is 0 Å². The zero-order valence-corrected chi connectivity index (χ0v) is 10.9.